The fourth-order valence-electron chi connectivity index (χ4n) is 3.47. The molecule has 5 nitrogen and oxygen atoms in total. The van der Waals surface area contributed by atoms with Gasteiger partial charge in [0, 0.05) is 36.6 Å². The van der Waals surface area contributed by atoms with E-state index in [4.69, 9.17) is 0 Å². The van der Waals surface area contributed by atoms with Crippen LogP contribution >= 0.6 is 0 Å². The molecule has 5 heteroatoms. The second-order valence-electron chi connectivity index (χ2n) is 6.92. The number of carbonyl (C=O) groups excluding carboxylic acids is 1. The number of rotatable bonds is 6. The van der Waals surface area contributed by atoms with Crippen molar-refractivity contribution >= 4 is 5.91 Å². The normalized spacial score (nSPS) is 18.2. The molecule has 1 N–H and O–H groups in total. The van der Waals surface area contributed by atoms with Crippen molar-refractivity contribution < 1.29 is 4.79 Å². The highest BCUT2D eigenvalue weighted by Crippen LogP contribution is 2.16. The van der Waals surface area contributed by atoms with E-state index in [1.54, 1.807) is 6.20 Å². The van der Waals surface area contributed by atoms with Gasteiger partial charge in [-0.2, -0.15) is 5.10 Å². The third-order valence-corrected chi connectivity index (χ3v) is 5.05. The molecule has 1 aliphatic rings. The van der Waals surface area contributed by atoms with Crippen LogP contribution in [-0.4, -0.2) is 46.3 Å². The van der Waals surface area contributed by atoms with E-state index >= 15 is 0 Å². The smallest absolute Gasteiger partial charge is 0.251 e. The van der Waals surface area contributed by atoms with Gasteiger partial charge in [0.15, 0.2) is 0 Å². The van der Waals surface area contributed by atoms with Crippen molar-refractivity contribution in [3.05, 3.63) is 47.8 Å². The highest BCUT2D eigenvalue weighted by Gasteiger charge is 2.17. The molecule has 3 rings (SSSR count). The molecule has 1 atom stereocenters. The van der Waals surface area contributed by atoms with E-state index in [-0.39, 0.29) is 5.91 Å². The Morgan fingerprint density at radius 1 is 1.24 bits per heavy atom. The Labute approximate surface area is 150 Å². The predicted molar refractivity (Wildman–Crippen MR) is 100 cm³/mol. The Balaban J connectivity index is 1.46. The summed E-state index contributed by atoms with van der Waals surface area (Å²) in [5.74, 6) is -0.00423. The number of hydrogen-bond donors (Lipinski definition) is 1. The monoisotopic (exact) mass is 340 g/mol. The Morgan fingerprint density at radius 3 is 2.72 bits per heavy atom. The minimum atomic E-state index is -0.00423. The van der Waals surface area contributed by atoms with E-state index in [1.165, 1.54) is 25.8 Å². The van der Waals surface area contributed by atoms with Gasteiger partial charge in [0.05, 0.1) is 5.69 Å². The Hall–Kier alpha value is -2.14. The maximum atomic E-state index is 12.3. The summed E-state index contributed by atoms with van der Waals surface area (Å²) in [4.78, 5) is 14.8. The molecular formula is C20H28N4O. The summed E-state index contributed by atoms with van der Waals surface area (Å²) in [6, 6.07) is 10.2. The van der Waals surface area contributed by atoms with Crippen LogP contribution in [0, 0.1) is 6.92 Å². The lowest BCUT2D eigenvalue weighted by Crippen LogP contribution is -2.39. The van der Waals surface area contributed by atoms with E-state index in [0.717, 1.165) is 30.9 Å². The molecule has 0 spiro atoms. The third-order valence-electron chi connectivity index (χ3n) is 5.05. The second kappa shape index (κ2) is 8.30. The van der Waals surface area contributed by atoms with Crippen molar-refractivity contribution in [1.82, 2.24) is 20.0 Å². The lowest BCUT2D eigenvalue weighted by molar-refractivity contribution is 0.0949. The van der Waals surface area contributed by atoms with Crippen LogP contribution in [0.3, 0.4) is 0 Å². The predicted octanol–water partition coefficient (Wildman–Crippen LogP) is 3.18. The lowest BCUT2D eigenvalue weighted by atomic mass is 10.0. The summed E-state index contributed by atoms with van der Waals surface area (Å²) in [6.07, 6.45) is 6.73. The summed E-state index contributed by atoms with van der Waals surface area (Å²) in [5.41, 5.74) is 2.74. The van der Waals surface area contributed by atoms with Crippen LogP contribution in [0.5, 0.6) is 0 Å². The quantitative estimate of drug-likeness (QED) is 0.822. The number of benzene rings is 1. The number of nitrogens with zero attached hydrogens (tertiary/aromatic N) is 3. The first-order valence-corrected chi connectivity index (χ1v) is 9.28. The number of amides is 1. The Morgan fingerprint density at radius 2 is 2.04 bits per heavy atom. The molecule has 25 heavy (non-hydrogen) atoms. The van der Waals surface area contributed by atoms with E-state index < -0.39 is 0 Å². The number of aryl methyl sites for hydroxylation is 1. The first-order chi connectivity index (χ1) is 12.1. The molecule has 1 amide bonds. The van der Waals surface area contributed by atoms with Crippen molar-refractivity contribution in [2.24, 2.45) is 0 Å². The van der Waals surface area contributed by atoms with Gasteiger partial charge in [0.1, 0.15) is 0 Å². The largest absolute Gasteiger partial charge is 0.352 e. The van der Waals surface area contributed by atoms with Gasteiger partial charge >= 0.3 is 0 Å². The zero-order valence-corrected chi connectivity index (χ0v) is 15.2. The van der Waals surface area contributed by atoms with E-state index in [2.05, 4.69) is 22.2 Å². The fourth-order valence-corrected chi connectivity index (χ4v) is 3.47. The average molecular weight is 340 g/mol. The van der Waals surface area contributed by atoms with Crippen LogP contribution in [-0.2, 0) is 0 Å². The van der Waals surface area contributed by atoms with Crippen LogP contribution in [0.4, 0.5) is 0 Å². The van der Waals surface area contributed by atoms with Crippen molar-refractivity contribution in [3.63, 3.8) is 0 Å². The maximum absolute atomic E-state index is 12.3. The van der Waals surface area contributed by atoms with Gasteiger partial charge in [0.2, 0.25) is 0 Å². The van der Waals surface area contributed by atoms with Gasteiger partial charge in [-0.1, -0.05) is 6.42 Å². The fraction of sp³-hybridized carbons (Fsp3) is 0.500. The first-order valence-electron chi connectivity index (χ1n) is 9.28. The molecule has 1 aromatic carbocycles. The van der Waals surface area contributed by atoms with Crippen molar-refractivity contribution in [1.29, 1.82) is 0 Å². The molecule has 0 saturated carbocycles. The first kappa shape index (κ1) is 17.7. The summed E-state index contributed by atoms with van der Waals surface area (Å²) >= 11 is 0. The zero-order valence-electron chi connectivity index (χ0n) is 15.2. The summed E-state index contributed by atoms with van der Waals surface area (Å²) in [6.45, 7) is 7.31. The minimum absolute atomic E-state index is 0.00423. The molecule has 1 aromatic heterocycles. The lowest BCUT2D eigenvalue weighted by Gasteiger charge is -2.33. The summed E-state index contributed by atoms with van der Waals surface area (Å²) in [5, 5.41) is 7.31. The minimum Gasteiger partial charge on any atom is -0.352 e. The summed E-state index contributed by atoms with van der Waals surface area (Å²) < 4.78 is 1.86. The van der Waals surface area contributed by atoms with Crippen LogP contribution in [0.15, 0.2) is 36.5 Å². The van der Waals surface area contributed by atoms with Gasteiger partial charge in [-0.15, -0.1) is 0 Å². The molecule has 134 valence electrons. The number of carbonyl (C=O) groups is 1. The number of piperidine rings is 1. The molecule has 1 aliphatic heterocycles. The molecule has 1 fully saturated rings. The average Bonchev–Trinajstić information content (AvgIpc) is 3.06. The molecule has 0 aliphatic carbocycles. The highest BCUT2D eigenvalue weighted by atomic mass is 16.1. The number of likely N-dealkylation sites (tertiary alicyclic amines) is 1. The topological polar surface area (TPSA) is 50.2 Å². The summed E-state index contributed by atoms with van der Waals surface area (Å²) in [7, 11) is 0. The third kappa shape index (κ3) is 4.48. The van der Waals surface area contributed by atoms with E-state index in [0.29, 0.717) is 11.6 Å². The van der Waals surface area contributed by atoms with Crippen LogP contribution in [0.25, 0.3) is 5.69 Å². The number of nitrogens with one attached hydrogen (secondary N) is 1. The van der Waals surface area contributed by atoms with E-state index in [9.17, 15) is 4.79 Å². The SMILES string of the molecule is Cc1ccnn1-c1ccc(C(=O)NCCCN2CCCC[C@H]2C)cc1. The van der Waals surface area contributed by atoms with Gasteiger partial charge in [0.25, 0.3) is 5.91 Å². The van der Waals surface area contributed by atoms with Crippen LogP contribution in [0.1, 0.15) is 48.7 Å². The molecule has 2 heterocycles. The van der Waals surface area contributed by atoms with Crippen molar-refractivity contribution in [2.45, 2.75) is 45.6 Å². The van der Waals surface area contributed by atoms with Crippen LogP contribution < -0.4 is 5.32 Å². The molecule has 2 aromatic rings. The van der Waals surface area contributed by atoms with E-state index in [1.807, 2.05) is 41.9 Å². The maximum Gasteiger partial charge on any atom is 0.251 e. The molecule has 0 radical (unpaired) electrons. The Kier molecular flexibility index (Phi) is 5.87. The van der Waals surface area contributed by atoms with Gasteiger partial charge in [-0.25, -0.2) is 4.68 Å². The molecular weight excluding hydrogens is 312 g/mol. The molecule has 0 unspecified atom stereocenters. The number of hydrogen-bond acceptors (Lipinski definition) is 3. The van der Waals surface area contributed by atoms with Crippen LogP contribution in [0.2, 0.25) is 0 Å². The standard InChI is InChI=1S/C20H28N4O/c1-16-6-3-4-14-23(16)15-5-12-21-20(25)18-7-9-19(10-8-18)24-17(2)11-13-22-24/h7-11,13,16H,3-6,12,14-15H2,1-2H3,(H,21,25)/t16-/m1/s1. The van der Waals surface area contributed by atoms with Gasteiger partial charge < -0.3 is 10.2 Å². The molecule has 1 saturated heterocycles. The zero-order chi connectivity index (χ0) is 17.6. The molecule has 0 bridgehead atoms. The Bertz CT molecular complexity index is 692. The second-order valence-corrected chi connectivity index (χ2v) is 6.92. The van der Waals surface area contributed by atoms with Gasteiger partial charge in [-0.3, -0.25) is 4.79 Å². The number of aromatic nitrogens is 2. The van der Waals surface area contributed by atoms with Gasteiger partial charge in [-0.05, 0) is 70.0 Å². The van der Waals surface area contributed by atoms with Crippen molar-refractivity contribution in [3.8, 4) is 5.69 Å². The van der Waals surface area contributed by atoms with Crippen molar-refractivity contribution in [2.75, 3.05) is 19.6 Å². The highest BCUT2D eigenvalue weighted by molar-refractivity contribution is 5.94.